The molecular formula is C18H20ClN3O2. The lowest BCUT2D eigenvalue weighted by Crippen LogP contribution is -2.39. The van der Waals surface area contributed by atoms with Gasteiger partial charge in [0.2, 0.25) is 0 Å². The molecule has 1 amide bonds. The van der Waals surface area contributed by atoms with Crippen LogP contribution < -0.4 is 10.5 Å². The number of anilines is 1. The van der Waals surface area contributed by atoms with Crippen LogP contribution in [0.3, 0.4) is 0 Å². The van der Waals surface area contributed by atoms with Gasteiger partial charge in [0.05, 0.1) is 6.61 Å². The summed E-state index contributed by atoms with van der Waals surface area (Å²) in [5.74, 6) is 1.56. The van der Waals surface area contributed by atoms with E-state index in [4.69, 9.17) is 22.1 Å². The molecule has 5 nitrogen and oxygen atoms in total. The van der Waals surface area contributed by atoms with Crippen LogP contribution in [0.2, 0.25) is 5.15 Å². The zero-order valence-corrected chi connectivity index (χ0v) is 14.1. The van der Waals surface area contributed by atoms with E-state index in [1.54, 1.807) is 12.1 Å². The highest BCUT2D eigenvalue weighted by molar-refractivity contribution is 6.29. The monoisotopic (exact) mass is 345 g/mol. The standard InChI is InChI=1S/C18H20ClN3O2/c19-16-10-14(11-17(20)21-16)18(23)22-8-6-13(7-9-22)12-24-15-4-2-1-3-5-15/h1-5,10-11,13H,6-9,12H2,(H2,20,21). The first kappa shape index (κ1) is 16.6. The first-order chi connectivity index (χ1) is 11.6. The minimum Gasteiger partial charge on any atom is -0.493 e. The normalized spacial score (nSPS) is 15.3. The Bertz CT molecular complexity index is 680. The van der Waals surface area contributed by atoms with Gasteiger partial charge in [-0.25, -0.2) is 4.98 Å². The highest BCUT2D eigenvalue weighted by Crippen LogP contribution is 2.22. The molecule has 1 aromatic carbocycles. The third-order valence-electron chi connectivity index (χ3n) is 4.19. The smallest absolute Gasteiger partial charge is 0.254 e. The average Bonchev–Trinajstić information content (AvgIpc) is 2.60. The lowest BCUT2D eigenvalue weighted by atomic mass is 9.97. The molecule has 3 rings (SSSR count). The van der Waals surface area contributed by atoms with Gasteiger partial charge in [0.1, 0.15) is 16.7 Å². The molecule has 1 fully saturated rings. The van der Waals surface area contributed by atoms with Gasteiger partial charge in [-0.15, -0.1) is 0 Å². The van der Waals surface area contributed by atoms with E-state index >= 15 is 0 Å². The van der Waals surface area contributed by atoms with Crippen LogP contribution in [0.5, 0.6) is 5.75 Å². The molecule has 1 aliphatic rings. The largest absolute Gasteiger partial charge is 0.493 e. The first-order valence-corrected chi connectivity index (χ1v) is 8.40. The van der Waals surface area contributed by atoms with Crippen molar-refractivity contribution in [1.29, 1.82) is 0 Å². The molecule has 126 valence electrons. The van der Waals surface area contributed by atoms with Crippen molar-refractivity contribution in [2.24, 2.45) is 5.92 Å². The maximum Gasteiger partial charge on any atom is 0.254 e. The van der Waals surface area contributed by atoms with E-state index in [0.29, 0.717) is 31.2 Å². The fraction of sp³-hybridized carbons (Fsp3) is 0.333. The van der Waals surface area contributed by atoms with Gasteiger partial charge in [-0.1, -0.05) is 29.8 Å². The van der Waals surface area contributed by atoms with Gasteiger partial charge < -0.3 is 15.4 Å². The lowest BCUT2D eigenvalue weighted by Gasteiger charge is -2.32. The lowest BCUT2D eigenvalue weighted by molar-refractivity contribution is 0.0661. The van der Waals surface area contributed by atoms with E-state index in [-0.39, 0.29) is 16.9 Å². The van der Waals surface area contributed by atoms with Gasteiger partial charge in [-0.05, 0) is 43.0 Å². The average molecular weight is 346 g/mol. The predicted molar refractivity (Wildman–Crippen MR) is 94.2 cm³/mol. The number of carbonyl (C=O) groups is 1. The summed E-state index contributed by atoms with van der Waals surface area (Å²) in [6.45, 7) is 2.10. The summed E-state index contributed by atoms with van der Waals surface area (Å²) in [5.41, 5.74) is 6.15. The van der Waals surface area contributed by atoms with Crippen molar-refractivity contribution in [2.75, 3.05) is 25.4 Å². The van der Waals surface area contributed by atoms with Gasteiger partial charge in [-0.3, -0.25) is 4.79 Å². The van der Waals surface area contributed by atoms with Crippen molar-refractivity contribution >= 4 is 23.3 Å². The second kappa shape index (κ2) is 7.53. The first-order valence-electron chi connectivity index (χ1n) is 8.02. The van der Waals surface area contributed by atoms with Gasteiger partial charge in [-0.2, -0.15) is 0 Å². The SMILES string of the molecule is Nc1cc(C(=O)N2CCC(COc3ccccc3)CC2)cc(Cl)n1. The summed E-state index contributed by atoms with van der Waals surface area (Å²) in [4.78, 5) is 18.3. The molecule has 24 heavy (non-hydrogen) atoms. The molecule has 0 aliphatic carbocycles. The highest BCUT2D eigenvalue weighted by atomic mass is 35.5. The molecule has 6 heteroatoms. The third kappa shape index (κ3) is 4.17. The van der Waals surface area contributed by atoms with Crippen LogP contribution in [0.15, 0.2) is 42.5 Å². The summed E-state index contributed by atoms with van der Waals surface area (Å²) >= 11 is 5.88. The quantitative estimate of drug-likeness (QED) is 0.864. The predicted octanol–water partition coefficient (Wildman–Crippen LogP) is 3.25. The van der Waals surface area contributed by atoms with Crippen LogP contribution in [0.4, 0.5) is 5.82 Å². The molecule has 0 unspecified atom stereocenters. The van der Waals surface area contributed by atoms with Crippen LogP contribution in [-0.4, -0.2) is 35.5 Å². The minimum absolute atomic E-state index is 0.0478. The molecule has 1 aromatic heterocycles. The van der Waals surface area contributed by atoms with E-state index < -0.39 is 0 Å². The summed E-state index contributed by atoms with van der Waals surface area (Å²) in [6, 6.07) is 12.9. The summed E-state index contributed by atoms with van der Waals surface area (Å²) in [5, 5.41) is 0.240. The Kier molecular flexibility index (Phi) is 5.20. The number of rotatable bonds is 4. The maximum atomic E-state index is 12.5. The molecule has 2 N–H and O–H groups in total. The Morgan fingerprint density at radius 2 is 1.96 bits per heavy atom. The minimum atomic E-state index is -0.0478. The number of nitrogens with two attached hydrogens (primary N) is 1. The zero-order valence-electron chi connectivity index (χ0n) is 13.3. The van der Waals surface area contributed by atoms with Gasteiger partial charge >= 0.3 is 0 Å². The number of likely N-dealkylation sites (tertiary alicyclic amines) is 1. The van der Waals surface area contributed by atoms with Gasteiger partial charge in [0.15, 0.2) is 0 Å². The van der Waals surface area contributed by atoms with Crippen molar-refractivity contribution in [1.82, 2.24) is 9.88 Å². The van der Waals surface area contributed by atoms with Crippen molar-refractivity contribution in [3.63, 3.8) is 0 Å². The summed E-state index contributed by atoms with van der Waals surface area (Å²) in [6.07, 6.45) is 1.85. The molecule has 0 saturated carbocycles. The zero-order chi connectivity index (χ0) is 16.9. The molecule has 2 aromatic rings. The van der Waals surface area contributed by atoms with Crippen LogP contribution in [0, 0.1) is 5.92 Å². The fourth-order valence-electron chi connectivity index (χ4n) is 2.86. The van der Waals surface area contributed by atoms with Crippen molar-refractivity contribution in [3.05, 3.63) is 53.2 Å². The molecule has 0 atom stereocenters. The topological polar surface area (TPSA) is 68.5 Å². The van der Waals surface area contributed by atoms with E-state index in [1.165, 1.54) is 0 Å². The number of carbonyl (C=O) groups excluding carboxylic acids is 1. The van der Waals surface area contributed by atoms with Crippen LogP contribution in [-0.2, 0) is 0 Å². The van der Waals surface area contributed by atoms with Crippen LogP contribution in [0.25, 0.3) is 0 Å². The second-order valence-corrected chi connectivity index (χ2v) is 6.35. The number of pyridine rings is 1. The van der Waals surface area contributed by atoms with E-state index in [2.05, 4.69) is 4.98 Å². The van der Waals surface area contributed by atoms with Gasteiger partial charge in [0, 0.05) is 18.7 Å². The molecule has 1 saturated heterocycles. The number of hydrogen-bond donors (Lipinski definition) is 1. The number of aromatic nitrogens is 1. The number of nitrogens with zero attached hydrogens (tertiary/aromatic N) is 2. The molecule has 0 spiro atoms. The molecule has 1 aliphatic heterocycles. The highest BCUT2D eigenvalue weighted by Gasteiger charge is 2.24. The maximum absolute atomic E-state index is 12.5. The van der Waals surface area contributed by atoms with Crippen LogP contribution in [0.1, 0.15) is 23.2 Å². The Hall–Kier alpha value is -2.27. The van der Waals surface area contributed by atoms with Crippen molar-refractivity contribution in [3.8, 4) is 5.75 Å². The number of halogens is 1. The number of benzene rings is 1. The summed E-state index contributed by atoms with van der Waals surface area (Å²) in [7, 11) is 0. The Labute approximate surface area is 146 Å². The van der Waals surface area contributed by atoms with Crippen LogP contribution >= 0.6 is 11.6 Å². The van der Waals surface area contributed by atoms with E-state index in [9.17, 15) is 4.79 Å². The number of para-hydroxylation sites is 1. The number of ether oxygens (including phenoxy) is 1. The van der Waals surface area contributed by atoms with E-state index in [1.807, 2.05) is 35.2 Å². The Morgan fingerprint density at radius 1 is 1.25 bits per heavy atom. The Balaban J connectivity index is 1.52. The van der Waals surface area contributed by atoms with Crippen molar-refractivity contribution in [2.45, 2.75) is 12.8 Å². The second-order valence-electron chi connectivity index (χ2n) is 5.96. The number of nitrogen functional groups attached to an aromatic ring is 1. The third-order valence-corrected chi connectivity index (χ3v) is 4.39. The van der Waals surface area contributed by atoms with Gasteiger partial charge in [0.25, 0.3) is 5.91 Å². The van der Waals surface area contributed by atoms with Crippen molar-refractivity contribution < 1.29 is 9.53 Å². The number of amides is 1. The molecule has 0 bridgehead atoms. The molecular weight excluding hydrogens is 326 g/mol. The number of piperidine rings is 1. The van der Waals surface area contributed by atoms with E-state index in [0.717, 1.165) is 18.6 Å². The summed E-state index contributed by atoms with van der Waals surface area (Å²) < 4.78 is 5.81. The molecule has 0 radical (unpaired) electrons. The number of hydrogen-bond acceptors (Lipinski definition) is 4. The molecule has 2 heterocycles. The fourth-order valence-corrected chi connectivity index (χ4v) is 3.07. The Morgan fingerprint density at radius 3 is 2.62 bits per heavy atom.